The van der Waals surface area contributed by atoms with Crippen molar-refractivity contribution in [2.75, 3.05) is 23.4 Å². The maximum absolute atomic E-state index is 13.8. The van der Waals surface area contributed by atoms with E-state index in [-0.39, 0.29) is 23.3 Å². The van der Waals surface area contributed by atoms with Crippen molar-refractivity contribution in [3.8, 4) is 0 Å². The van der Waals surface area contributed by atoms with Crippen molar-refractivity contribution < 1.29 is 19.1 Å². The van der Waals surface area contributed by atoms with Crippen molar-refractivity contribution in [3.63, 3.8) is 0 Å². The summed E-state index contributed by atoms with van der Waals surface area (Å²) in [6.07, 6.45) is 2.00. The quantitative estimate of drug-likeness (QED) is 0.784. The van der Waals surface area contributed by atoms with Crippen molar-refractivity contribution >= 4 is 23.4 Å². The molecule has 0 aliphatic carbocycles. The molecule has 4 rings (SSSR count). The maximum Gasteiger partial charge on any atom is 0.411 e. The number of nitrogens with zero attached hydrogens (tertiary/aromatic N) is 3. The molecule has 0 radical (unpaired) electrons. The van der Waals surface area contributed by atoms with Crippen LogP contribution in [0.2, 0.25) is 0 Å². The highest BCUT2D eigenvalue weighted by molar-refractivity contribution is 5.97. The van der Waals surface area contributed by atoms with Gasteiger partial charge in [0.05, 0.1) is 5.54 Å². The van der Waals surface area contributed by atoms with Crippen molar-refractivity contribution in [1.29, 1.82) is 0 Å². The van der Waals surface area contributed by atoms with E-state index < -0.39 is 6.09 Å². The highest BCUT2D eigenvalue weighted by atomic mass is 19.1. The topological polar surface area (TPSA) is 64.1 Å². The summed E-state index contributed by atoms with van der Waals surface area (Å²) < 4.78 is 13.8. The van der Waals surface area contributed by atoms with Gasteiger partial charge in [-0.2, -0.15) is 0 Å². The Morgan fingerprint density at radius 1 is 1.23 bits per heavy atom. The van der Waals surface area contributed by atoms with E-state index in [0.717, 1.165) is 37.9 Å². The van der Waals surface area contributed by atoms with E-state index in [1.54, 1.807) is 6.07 Å². The first-order chi connectivity index (χ1) is 14.8. The zero-order chi connectivity index (χ0) is 22.2. The van der Waals surface area contributed by atoms with E-state index in [2.05, 4.69) is 11.8 Å². The molecule has 2 fully saturated rings. The van der Waals surface area contributed by atoms with Gasteiger partial charge in [0.1, 0.15) is 5.82 Å². The molecule has 164 valence electrons. The largest absolute Gasteiger partial charge is 0.465 e. The van der Waals surface area contributed by atoms with E-state index >= 15 is 0 Å². The van der Waals surface area contributed by atoms with Crippen LogP contribution >= 0.6 is 0 Å². The molecule has 7 heteroatoms. The van der Waals surface area contributed by atoms with Gasteiger partial charge in [-0.1, -0.05) is 18.2 Å². The lowest BCUT2D eigenvalue weighted by Gasteiger charge is -2.48. The molecule has 1 N–H and O–H groups in total. The van der Waals surface area contributed by atoms with Crippen LogP contribution in [0.4, 0.5) is 20.6 Å². The van der Waals surface area contributed by atoms with Gasteiger partial charge in [0.25, 0.3) is 0 Å². The van der Waals surface area contributed by atoms with E-state index in [1.165, 1.54) is 24.1 Å². The molecule has 2 aliphatic rings. The lowest BCUT2D eigenvalue weighted by atomic mass is 9.81. The highest BCUT2D eigenvalue weighted by Crippen LogP contribution is 2.44. The normalized spacial score (nSPS) is 24.0. The number of piperidine rings is 1. The summed E-state index contributed by atoms with van der Waals surface area (Å²) in [7, 11) is 1.52. The lowest BCUT2D eigenvalue weighted by Crippen LogP contribution is -2.56. The van der Waals surface area contributed by atoms with Crippen LogP contribution in [0.1, 0.15) is 38.2 Å². The molecule has 0 saturated carbocycles. The zero-order valence-electron chi connectivity index (χ0n) is 17.9. The molecular weight excluding hydrogens is 397 g/mol. The van der Waals surface area contributed by atoms with Crippen LogP contribution in [-0.4, -0.2) is 47.2 Å². The number of anilines is 2. The summed E-state index contributed by atoms with van der Waals surface area (Å²) in [5, 5.41) is 9.11. The van der Waals surface area contributed by atoms with Crippen molar-refractivity contribution in [2.45, 2.75) is 50.7 Å². The number of hydrogen-bond acceptors (Lipinski definition) is 3. The standard InChI is InChI=1S/C24H28FN3O3/c1-17-15-24(11-10-22(29)28(24)21-5-3-4-19(25)14-21)12-13-27(17)16-18-6-8-20(9-7-18)26(2)23(30)31/h3-9,14,17H,10-13,15-16H2,1-2H3,(H,30,31)/t17-,24+/m1/s1. The van der Waals surface area contributed by atoms with Gasteiger partial charge in [-0.3, -0.25) is 14.6 Å². The van der Waals surface area contributed by atoms with E-state index in [9.17, 15) is 14.0 Å². The number of benzene rings is 2. The molecule has 0 unspecified atom stereocenters. The number of carbonyl (C=O) groups excluding carboxylic acids is 1. The van der Waals surface area contributed by atoms with Crippen molar-refractivity contribution in [1.82, 2.24) is 4.90 Å². The average Bonchev–Trinajstić information content (AvgIpc) is 3.05. The van der Waals surface area contributed by atoms with E-state index in [1.807, 2.05) is 35.2 Å². The third-order valence-electron chi connectivity index (χ3n) is 6.75. The molecule has 0 aromatic heterocycles. The minimum absolute atomic E-state index is 0.0735. The van der Waals surface area contributed by atoms with Gasteiger partial charge in [-0.05, 0) is 62.1 Å². The van der Waals surface area contributed by atoms with Gasteiger partial charge in [0.2, 0.25) is 5.91 Å². The summed E-state index contributed by atoms with van der Waals surface area (Å²) in [6.45, 7) is 3.79. The number of carbonyl (C=O) groups is 2. The third-order valence-corrected chi connectivity index (χ3v) is 6.75. The number of likely N-dealkylation sites (tertiary alicyclic amines) is 1. The second kappa shape index (κ2) is 8.30. The molecule has 0 bridgehead atoms. The Morgan fingerprint density at radius 3 is 2.61 bits per heavy atom. The molecule has 2 aliphatic heterocycles. The Morgan fingerprint density at radius 2 is 1.97 bits per heavy atom. The van der Waals surface area contributed by atoms with Crippen LogP contribution in [0, 0.1) is 5.82 Å². The van der Waals surface area contributed by atoms with Crippen LogP contribution in [0.3, 0.4) is 0 Å². The Labute approximate surface area is 181 Å². The first kappa shape index (κ1) is 21.3. The minimum atomic E-state index is -0.989. The Kier molecular flexibility index (Phi) is 5.71. The number of hydrogen-bond donors (Lipinski definition) is 1. The second-order valence-corrected chi connectivity index (χ2v) is 8.72. The molecule has 2 atom stereocenters. The van der Waals surface area contributed by atoms with Crippen LogP contribution in [0.15, 0.2) is 48.5 Å². The van der Waals surface area contributed by atoms with Crippen LogP contribution < -0.4 is 9.80 Å². The molecule has 2 aromatic rings. The van der Waals surface area contributed by atoms with Crippen LogP contribution in [-0.2, 0) is 11.3 Å². The van der Waals surface area contributed by atoms with Crippen LogP contribution in [0.25, 0.3) is 0 Å². The summed E-state index contributed by atoms with van der Waals surface area (Å²) >= 11 is 0. The van der Waals surface area contributed by atoms with Gasteiger partial charge in [0, 0.05) is 44.0 Å². The monoisotopic (exact) mass is 425 g/mol. The molecule has 1 spiro atoms. The predicted molar refractivity (Wildman–Crippen MR) is 118 cm³/mol. The van der Waals surface area contributed by atoms with E-state index in [0.29, 0.717) is 17.8 Å². The fraction of sp³-hybridized carbons (Fsp3) is 0.417. The fourth-order valence-corrected chi connectivity index (χ4v) is 5.05. The minimum Gasteiger partial charge on any atom is -0.465 e. The summed E-state index contributed by atoms with van der Waals surface area (Å²) in [4.78, 5) is 29.3. The number of halogens is 1. The van der Waals surface area contributed by atoms with Crippen molar-refractivity contribution in [2.24, 2.45) is 0 Å². The Bertz CT molecular complexity index is 980. The molecule has 2 saturated heterocycles. The SMILES string of the molecule is C[C@@H]1C[C@]2(CCC(=O)N2c2cccc(F)c2)CCN1Cc1ccc(N(C)C(=O)O)cc1. The average molecular weight is 426 g/mol. The summed E-state index contributed by atoms with van der Waals surface area (Å²) in [6, 6.07) is 14.2. The summed E-state index contributed by atoms with van der Waals surface area (Å²) in [5.74, 6) is -0.251. The first-order valence-electron chi connectivity index (χ1n) is 10.7. The smallest absolute Gasteiger partial charge is 0.411 e. The molecule has 2 amide bonds. The zero-order valence-corrected chi connectivity index (χ0v) is 17.9. The van der Waals surface area contributed by atoms with Crippen molar-refractivity contribution in [3.05, 3.63) is 59.9 Å². The predicted octanol–water partition coefficient (Wildman–Crippen LogP) is 4.49. The number of rotatable bonds is 4. The van der Waals surface area contributed by atoms with Gasteiger partial charge >= 0.3 is 6.09 Å². The molecular formula is C24H28FN3O3. The highest BCUT2D eigenvalue weighted by Gasteiger charge is 2.49. The number of carboxylic acid groups (broad SMARTS) is 1. The fourth-order valence-electron chi connectivity index (χ4n) is 5.05. The van der Waals surface area contributed by atoms with Gasteiger partial charge in [-0.25, -0.2) is 9.18 Å². The molecule has 2 heterocycles. The van der Waals surface area contributed by atoms with Crippen LogP contribution in [0.5, 0.6) is 0 Å². The third kappa shape index (κ3) is 4.14. The van der Waals surface area contributed by atoms with Gasteiger partial charge < -0.3 is 10.0 Å². The van der Waals surface area contributed by atoms with Gasteiger partial charge in [0.15, 0.2) is 0 Å². The second-order valence-electron chi connectivity index (χ2n) is 8.72. The Balaban J connectivity index is 1.47. The molecule has 2 aromatic carbocycles. The van der Waals surface area contributed by atoms with Gasteiger partial charge in [-0.15, -0.1) is 0 Å². The Hall–Kier alpha value is -2.93. The molecule has 6 nitrogen and oxygen atoms in total. The summed E-state index contributed by atoms with van der Waals surface area (Å²) in [5.41, 5.74) is 2.16. The lowest BCUT2D eigenvalue weighted by molar-refractivity contribution is -0.117. The number of amides is 2. The maximum atomic E-state index is 13.8. The van der Waals surface area contributed by atoms with E-state index in [4.69, 9.17) is 5.11 Å². The molecule has 31 heavy (non-hydrogen) atoms. The first-order valence-corrected chi connectivity index (χ1v) is 10.7.